The van der Waals surface area contributed by atoms with Gasteiger partial charge in [0.05, 0.1) is 11.6 Å². The number of halogens is 3. The first kappa shape index (κ1) is 16.6. The summed E-state index contributed by atoms with van der Waals surface area (Å²) >= 11 is 3.31. The number of pyridine rings is 1. The van der Waals surface area contributed by atoms with Crippen LogP contribution in [0.2, 0.25) is 0 Å². The van der Waals surface area contributed by atoms with E-state index in [9.17, 15) is 13.6 Å². The van der Waals surface area contributed by atoms with Crippen molar-refractivity contribution in [3.05, 3.63) is 34.6 Å². The second kappa shape index (κ2) is 5.96. The second-order valence-corrected chi connectivity index (χ2v) is 7.33. The van der Waals surface area contributed by atoms with Crippen molar-refractivity contribution in [3.8, 4) is 0 Å². The highest BCUT2D eigenvalue weighted by atomic mass is 79.9. The van der Waals surface area contributed by atoms with Crippen molar-refractivity contribution in [3.63, 3.8) is 0 Å². The summed E-state index contributed by atoms with van der Waals surface area (Å²) in [4.78, 5) is 16.1. The predicted molar refractivity (Wildman–Crippen MR) is 85.7 cm³/mol. The van der Waals surface area contributed by atoms with Gasteiger partial charge in [-0.3, -0.25) is 9.78 Å². The standard InChI is InChI=1S/C17H18BrF2NO2/c1-9-13(6-5-12-4-3-11(18)8-21-12)15-10(2)23-16(22)14(15)7-17(9,19)20/h3-6,8-10,13-15H,7H2,1-2H3/b6-5+/t9-,10+,13-,14+,15-/m0/s1. The number of cyclic esters (lactones) is 1. The zero-order valence-electron chi connectivity index (χ0n) is 12.9. The fraction of sp³-hybridized carbons (Fsp3) is 0.529. The number of carbonyl (C=O) groups is 1. The van der Waals surface area contributed by atoms with Crippen molar-refractivity contribution >= 4 is 28.0 Å². The van der Waals surface area contributed by atoms with E-state index in [0.717, 1.165) is 4.47 Å². The lowest BCUT2D eigenvalue weighted by molar-refractivity contribution is -0.152. The summed E-state index contributed by atoms with van der Waals surface area (Å²) in [5.74, 6) is -5.54. The largest absolute Gasteiger partial charge is 0.462 e. The number of nitrogens with zero attached hydrogens (tertiary/aromatic N) is 1. The summed E-state index contributed by atoms with van der Waals surface area (Å²) in [7, 11) is 0. The van der Waals surface area contributed by atoms with Gasteiger partial charge in [-0.05, 0) is 47.0 Å². The first-order chi connectivity index (χ1) is 10.8. The third-order valence-electron chi connectivity index (χ3n) is 5.03. The normalized spacial score (nSPS) is 36.0. The van der Waals surface area contributed by atoms with Gasteiger partial charge in [-0.15, -0.1) is 0 Å². The number of alkyl halides is 2. The molecule has 2 heterocycles. The lowest BCUT2D eigenvalue weighted by Gasteiger charge is -2.41. The Morgan fingerprint density at radius 3 is 2.78 bits per heavy atom. The Bertz CT molecular complexity index is 632. The van der Waals surface area contributed by atoms with Crippen molar-refractivity contribution in [1.82, 2.24) is 4.98 Å². The van der Waals surface area contributed by atoms with Crippen molar-refractivity contribution in [1.29, 1.82) is 0 Å². The fourth-order valence-corrected chi connectivity index (χ4v) is 3.95. The van der Waals surface area contributed by atoms with Crippen LogP contribution in [0.4, 0.5) is 8.78 Å². The summed E-state index contributed by atoms with van der Waals surface area (Å²) in [6.45, 7) is 3.34. The molecule has 0 unspecified atom stereocenters. The highest BCUT2D eigenvalue weighted by Gasteiger charge is 2.59. The third-order valence-corrected chi connectivity index (χ3v) is 5.50. The maximum Gasteiger partial charge on any atom is 0.309 e. The van der Waals surface area contributed by atoms with Gasteiger partial charge in [0.2, 0.25) is 0 Å². The third kappa shape index (κ3) is 3.05. The predicted octanol–water partition coefficient (Wildman–Crippen LogP) is 4.33. The molecule has 3 nitrogen and oxygen atoms in total. The first-order valence-corrected chi connectivity index (χ1v) is 8.47. The van der Waals surface area contributed by atoms with Crippen LogP contribution in [0.5, 0.6) is 0 Å². The minimum atomic E-state index is -2.87. The molecule has 3 rings (SSSR count). The van der Waals surface area contributed by atoms with Crippen LogP contribution in [-0.2, 0) is 9.53 Å². The van der Waals surface area contributed by atoms with Crippen LogP contribution in [0, 0.1) is 23.7 Å². The van der Waals surface area contributed by atoms with Gasteiger partial charge in [-0.2, -0.15) is 0 Å². The van der Waals surface area contributed by atoms with Crippen molar-refractivity contribution in [2.24, 2.45) is 23.7 Å². The molecule has 5 atom stereocenters. The molecule has 23 heavy (non-hydrogen) atoms. The molecule has 1 saturated heterocycles. The SMILES string of the molecule is C[C@H]1OC(=O)[C@@H]2CC(F)(F)[C@@H](C)[C@H](/C=C/c3ccc(Br)cn3)[C@H]12. The van der Waals surface area contributed by atoms with E-state index in [1.54, 1.807) is 32.2 Å². The molecule has 0 N–H and O–H groups in total. The average molecular weight is 386 g/mol. The molecular weight excluding hydrogens is 368 g/mol. The Kier molecular flexibility index (Phi) is 4.29. The van der Waals surface area contributed by atoms with Crippen LogP contribution < -0.4 is 0 Å². The van der Waals surface area contributed by atoms with E-state index in [0.29, 0.717) is 5.69 Å². The van der Waals surface area contributed by atoms with Crippen LogP contribution in [0.3, 0.4) is 0 Å². The molecule has 6 heteroatoms. The van der Waals surface area contributed by atoms with Gasteiger partial charge >= 0.3 is 5.97 Å². The van der Waals surface area contributed by atoms with E-state index >= 15 is 0 Å². The number of allylic oxidation sites excluding steroid dienone is 1. The Morgan fingerprint density at radius 1 is 1.39 bits per heavy atom. The van der Waals surface area contributed by atoms with E-state index in [1.807, 2.05) is 12.1 Å². The summed E-state index contributed by atoms with van der Waals surface area (Å²) in [6.07, 6.45) is 4.43. The van der Waals surface area contributed by atoms with Crippen molar-refractivity contribution < 1.29 is 18.3 Å². The number of esters is 1. The lowest BCUT2D eigenvalue weighted by atomic mass is 9.64. The van der Waals surface area contributed by atoms with E-state index in [-0.39, 0.29) is 12.0 Å². The highest BCUT2D eigenvalue weighted by Crippen LogP contribution is 2.52. The number of rotatable bonds is 2. The van der Waals surface area contributed by atoms with E-state index < -0.39 is 36.1 Å². The summed E-state index contributed by atoms with van der Waals surface area (Å²) in [6, 6.07) is 3.66. The van der Waals surface area contributed by atoms with Crippen LogP contribution >= 0.6 is 15.9 Å². The van der Waals surface area contributed by atoms with E-state index in [1.165, 1.54) is 0 Å². The van der Waals surface area contributed by atoms with Crippen molar-refractivity contribution in [2.75, 3.05) is 0 Å². The minimum Gasteiger partial charge on any atom is -0.462 e. The molecule has 0 radical (unpaired) electrons. The van der Waals surface area contributed by atoms with Crippen LogP contribution in [0.15, 0.2) is 28.9 Å². The summed E-state index contributed by atoms with van der Waals surface area (Å²) in [5.41, 5.74) is 0.698. The van der Waals surface area contributed by atoms with Gasteiger partial charge in [0.15, 0.2) is 0 Å². The number of carbonyl (C=O) groups excluding carboxylic acids is 1. The fourth-order valence-electron chi connectivity index (χ4n) is 3.72. The molecule has 0 amide bonds. The average Bonchev–Trinajstić information content (AvgIpc) is 2.75. The van der Waals surface area contributed by atoms with Gasteiger partial charge in [-0.1, -0.05) is 13.0 Å². The maximum absolute atomic E-state index is 14.3. The Balaban J connectivity index is 1.90. The molecule has 1 aliphatic carbocycles. The topological polar surface area (TPSA) is 39.2 Å². The number of aromatic nitrogens is 1. The van der Waals surface area contributed by atoms with Gasteiger partial charge < -0.3 is 4.74 Å². The monoisotopic (exact) mass is 385 g/mol. The Morgan fingerprint density at radius 2 is 2.13 bits per heavy atom. The number of ether oxygens (including phenoxy) is 1. The zero-order valence-corrected chi connectivity index (χ0v) is 14.5. The van der Waals surface area contributed by atoms with Crippen molar-refractivity contribution in [2.45, 2.75) is 32.3 Å². The van der Waals surface area contributed by atoms with Crippen LogP contribution in [-0.4, -0.2) is 23.0 Å². The number of hydrogen-bond acceptors (Lipinski definition) is 3. The second-order valence-electron chi connectivity index (χ2n) is 6.42. The smallest absolute Gasteiger partial charge is 0.309 e. The Hall–Kier alpha value is -1.30. The molecular formula is C17H18BrF2NO2. The molecule has 2 aliphatic rings. The van der Waals surface area contributed by atoms with Gasteiger partial charge in [0.1, 0.15) is 6.10 Å². The quantitative estimate of drug-likeness (QED) is 0.711. The zero-order chi connectivity index (χ0) is 16.8. The molecule has 1 aromatic rings. The molecule has 1 saturated carbocycles. The molecule has 0 spiro atoms. The molecule has 0 aromatic carbocycles. The van der Waals surface area contributed by atoms with E-state index in [4.69, 9.17) is 4.74 Å². The van der Waals surface area contributed by atoms with Crippen LogP contribution in [0.1, 0.15) is 26.0 Å². The minimum absolute atomic E-state index is 0.205. The van der Waals surface area contributed by atoms with Crippen LogP contribution in [0.25, 0.3) is 6.08 Å². The highest BCUT2D eigenvalue weighted by molar-refractivity contribution is 9.10. The number of fused-ring (bicyclic) bond motifs is 1. The first-order valence-electron chi connectivity index (χ1n) is 7.67. The van der Waals surface area contributed by atoms with Gasteiger partial charge in [0, 0.05) is 28.9 Å². The molecule has 1 aromatic heterocycles. The molecule has 124 valence electrons. The van der Waals surface area contributed by atoms with Gasteiger partial charge in [-0.25, -0.2) is 8.78 Å². The Labute approximate surface area is 142 Å². The molecule has 2 fully saturated rings. The summed E-state index contributed by atoms with van der Waals surface area (Å²) in [5, 5.41) is 0. The van der Waals surface area contributed by atoms with E-state index in [2.05, 4.69) is 20.9 Å². The molecule has 0 bridgehead atoms. The lowest BCUT2D eigenvalue weighted by Crippen LogP contribution is -2.46. The molecule has 1 aliphatic heterocycles. The maximum atomic E-state index is 14.3. The summed E-state index contributed by atoms with van der Waals surface area (Å²) < 4.78 is 34.7. The van der Waals surface area contributed by atoms with Gasteiger partial charge in [0.25, 0.3) is 5.92 Å². The number of hydrogen-bond donors (Lipinski definition) is 0.